The van der Waals surface area contributed by atoms with Crippen LogP contribution in [-0.2, 0) is 4.79 Å². The first-order chi connectivity index (χ1) is 15.0. The summed E-state index contributed by atoms with van der Waals surface area (Å²) in [6.07, 6.45) is 9.63. The number of carbonyl (C=O) groups excluding carboxylic acids is 1. The normalized spacial score (nSPS) is 16.2. The first-order valence-corrected chi connectivity index (χ1v) is 9.97. The lowest BCUT2D eigenvalue weighted by atomic mass is 10.1. The maximum Gasteiger partial charge on any atom is 0.246 e. The Balaban J connectivity index is 1.72. The van der Waals surface area contributed by atoms with Crippen molar-refractivity contribution in [3.8, 4) is 11.5 Å². The third kappa shape index (κ3) is 3.96. The number of methoxy groups -OCH3 is 2. The summed E-state index contributed by atoms with van der Waals surface area (Å²) in [4.78, 5) is 22.5. The van der Waals surface area contributed by atoms with Gasteiger partial charge in [-0.1, -0.05) is 18.7 Å². The predicted octanol–water partition coefficient (Wildman–Crippen LogP) is 3.16. The summed E-state index contributed by atoms with van der Waals surface area (Å²) in [7, 11) is 3.24. The van der Waals surface area contributed by atoms with Gasteiger partial charge in [-0.25, -0.2) is 9.97 Å². The molecule has 0 radical (unpaired) electrons. The van der Waals surface area contributed by atoms with E-state index in [4.69, 9.17) is 15.2 Å². The SMILES string of the molecule is C=CC(=O)N1CCC(n2cc(/C=C/c3cc(OC)cc(OC)c3)c3c(N)ncnc32)C1. The molecule has 0 saturated carbocycles. The fraction of sp³-hybridized carbons (Fsp3) is 0.261. The second kappa shape index (κ2) is 8.51. The van der Waals surface area contributed by atoms with E-state index in [0.717, 1.165) is 28.6 Å². The maximum absolute atomic E-state index is 12.0. The number of carbonyl (C=O) groups is 1. The lowest BCUT2D eigenvalue weighted by molar-refractivity contribution is -0.125. The van der Waals surface area contributed by atoms with Crippen LogP contribution in [0.2, 0.25) is 0 Å². The fourth-order valence-electron chi connectivity index (χ4n) is 3.95. The molecule has 0 bridgehead atoms. The number of nitrogen functional groups attached to an aromatic ring is 1. The zero-order valence-corrected chi connectivity index (χ0v) is 17.6. The largest absolute Gasteiger partial charge is 0.497 e. The Labute approximate surface area is 180 Å². The van der Waals surface area contributed by atoms with E-state index in [1.165, 1.54) is 12.4 Å². The van der Waals surface area contributed by atoms with Gasteiger partial charge in [0.15, 0.2) is 0 Å². The van der Waals surface area contributed by atoms with Gasteiger partial charge >= 0.3 is 0 Å². The molecule has 1 unspecified atom stereocenters. The molecule has 3 aromatic rings. The Morgan fingerprint density at radius 2 is 1.94 bits per heavy atom. The fourth-order valence-corrected chi connectivity index (χ4v) is 3.95. The third-order valence-corrected chi connectivity index (χ3v) is 5.54. The second-order valence-corrected chi connectivity index (χ2v) is 7.36. The molecule has 2 aromatic heterocycles. The van der Waals surface area contributed by atoms with Gasteiger partial charge in [0.05, 0.1) is 25.6 Å². The van der Waals surface area contributed by atoms with E-state index >= 15 is 0 Å². The number of hydrogen-bond acceptors (Lipinski definition) is 6. The van der Waals surface area contributed by atoms with Crippen molar-refractivity contribution in [1.82, 2.24) is 19.4 Å². The number of nitrogens with two attached hydrogens (primary N) is 1. The number of hydrogen-bond donors (Lipinski definition) is 1. The standard InChI is InChI=1S/C23H25N5O3/c1-4-20(29)27-8-7-17(13-27)28-12-16(21-22(24)25-14-26-23(21)28)6-5-15-9-18(30-2)11-19(10-15)31-3/h4-6,9-12,14,17H,1,7-8,13H2,2-3H3,(H2,24,25,26)/b6-5+. The Morgan fingerprint density at radius 1 is 1.19 bits per heavy atom. The first kappa shape index (κ1) is 20.5. The Morgan fingerprint density at radius 3 is 2.61 bits per heavy atom. The number of benzene rings is 1. The molecule has 1 aromatic carbocycles. The summed E-state index contributed by atoms with van der Waals surface area (Å²) in [6.45, 7) is 4.88. The highest BCUT2D eigenvalue weighted by molar-refractivity contribution is 5.96. The minimum absolute atomic E-state index is 0.0554. The van der Waals surface area contributed by atoms with Crippen LogP contribution in [-0.4, -0.2) is 52.7 Å². The number of fused-ring (bicyclic) bond motifs is 1. The van der Waals surface area contributed by atoms with Crippen LogP contribution in [0, 0.1) is 0 Å². The predicted molar refractivity (Wildman–Crippen MR) is 121 cm³/mol. The topological polar surface area (TPSA) is 95.5 Å². The summed E-state index contributed by atoms with van der Waals surface area (Å²) in [5.74, 6) is 1.79. The quantitative estimate of drug-likeness (QED) is 0.617. The Hall–Kier alpha value is -3.81. The minimum atomic E-state index is -0.0554. The molecule has 160 valence electrons. The van der Waals surface area contributed by atoms with Gasteiger partial charge in [-0.3, -0.25) is 4.79 Å². The van der Waals surface area contributed by atoms with Crippen LogP contribution in [0.1, 0.15) is 23.6 Å². The monoisotopic (exact) mass is 419 g/mol. The van der Waals surface area contributed by atoms with Crippen molar-refractivity contribution in [2.45, 2.75) is 12.5 Å². The molecule has 31 heavy (non-hydrogen) atoms. The van der Waals surface area contributed by atoms with Crippen molar-refractivity contribution in [2.24, 2.45) is 0 Å². The van der Waals surface area contributed by atoms with E-state index in [9.17, 15) is 4.79 Å². The summed E-state index contributed by atoms with van der Waals surface area (Å²) >= 11 is 0. The molecule has 1 saturated heterocycles. The van der Waals surface area contributed by atoms with Crippen molar-refractivity contribution in [3.05, 3.63) is 54.5 Å². The number of anilines is 1. The average Bonchev–Trinajstić information content (AvgIpc) is 3.42. The molecule has 1 aliphatic rings. The molecule has 1 atom stereocenters. The van der Waals surface area contributed by atoms with Crippen LogP contribution < -0.4 is 15.2 Å². The van der Waals surface area contributed by atoms with Gasteiger partial charge in [-0.05, 0) is 30.2 Å². The van der Waals surface area contributed by atoms with Gasteiger partial charge in [-0.15, -0.1) is 0 Å². The Kier molecular flexibility index (Phi) is 5.62. The van der Waals surface area contributed by atoms with E-state index in [0.29, 0.717) is 30.4 Å². The van der Waals surface area contributed by atoms with Crippen LogP contribution in [0.4, 0.5) is 5.82 Å². The van der Waals surface area contributed by atoms with Crippen LogP contribution >= 0.6 is 0 Å². The second-order valence-electron chi connectivity index (χ2n) is 7.36. The van der Waals surface area contributed by atoms with E-state index < -0.39 is 0 Å². The number of aromatic nitrogens is 3. The summed E-state index contributed by atoms with van der Waals surface area (Å²) < 4.78 is 12.8. The van der Waals surface area contributed by atoms with Crippen LogP contribution in [0.25, 0.3) is 23.2 Å². The maximum atomic E-state index is 12.0. The van der Waals surface area contributed by atoms with E-state index in [-0.39, 0.29) is 11.9 Å². The van der Waals surface area contributed by atoms with Gasteiger partial charge in [0, 0.05) is 30.9 Å². The summed E-state index contributed by atoms with van der Waals surface area (Å²) in [5.41, 5.74) is 8.80. The van der Waals surface area contributed by atoms with Crippen molar-refractivity contribution in [2.75, 3.05) is 33.0 Å². The van der Waals surface area contributed by atoms with Gasteiger partial charge in [-0.2, -0.15) is 0 Å². The summed E-state index contributed by atoms with van der Waals surface area (Å²) in [6, 6.07) is 5.78. The molecule has 1 aliphatic heterocycles. The lowest BCUT2D eigenvalue weighted by Gasteiger charge is -2.15. The smallest absolute Gasteiger partial charge is 0.246 e. The number of amides is 1. The van der Waals surface area contributed by atoms with Crippen molar-refractivity contribution >= 4 is 34.9 Å². The van der Waals surface area contributed by atoms with Gasteiger partial charge in [0.25, 0.3) is 0 Å². The minimum Gasteiger partial charge on any atom is -0.497 e. The lowest BCUT2D eigenvalue weighted by Crippen LogP contribution is -2.27. The number of likely N-dealkylation sites (tertiary alicyclic amines) is 1. The van der Waals surface area contributed by atoms with Crippen LogP contribution in [0.5, 0.6) is 11.5 Å². The molecule has 1 fully saturated rings. The zero-order valence-electron chi connectivity index (χ0n) is 17.6. The molecule has 0 aliphatic carbocycles. The average molecular weight is 419 g/mol. The van der Waals surface area contributed by atoms with Crippen molar-refractivity contribution in [1.29, 1.82) is 0 Å². The van der Waals surface area contributed by atoms with Crippen LogP contribution in [0.3, 0.4) is 0 Å². The molecular weight excluding hydrogens is 394 g/mol. The third-order valence-electron chi connectivity index (χ3n) is 5.54. The van der Waals surface area contributed by atoms with Gasteiger partial charge in [0.1, 0.15) is 29.3 Å². The summed E-state index contributed by atoms with van der Waals surface area (Å²) in [5, 5.41) is 0.794. The molecule has 4 rings (SSSR count). The van der Waals surface area contributed by atoms with Gasteiger partial charge < -0.3 is 24.7 Å². The van der Waals surface area contributed by atoms with Gasteiger partial charge in [0.2, 0.25) is 5.91 Å². The molecule has 0 spiro atoms. The van der Waals surface area contributed by atoms with E-state index in [1.807, 2.05) is 36.5 Å². The molecule has 3 heterocycles. The molecule has 8 heteroatoms. The van der Waals surface area contributed by atoms with Crippen molar-refractivity contribution in [3.63, 3.8) is 0 Å². The zero-order chi connectivity index (χ0) is 22.0. The molecule has 1 amide bonds. The highest BCUT2D eigenvalue weighted by Gasteiger charge is 2.28. The first-order valence-electron chi connectivity index (χ1n) is 9.97. The molecule has 8 nitrogen and oxygen atoms in total. The van der Waals surface area contributed by atoms with E-state index in [1.54, 1.807) is 19.1 Å². The highest BCUT2D eigenvalue weighted by atomic mass is 16.5. The molecular formula is C23H25N5O3. The van der Waals surface area contributed by atoms with Crippen LogP contribution in [0.15, 0.2) is 43.4 Å². The van der Waals surface area contributed by atoms with E-state index in [2.05, 4.69) is 21.1 Å². The van der Waals surface area contributed by atoms with Crippen molar-refractivity contribution < 1.29 is 14.3 Å². The number of ether oxygens (including phenoxy) is 2. The molecule has 2 N–H and O–H groups in total. The number of nitrogens with zero attached hydrogens (tertiary/aromatic N) is 4. The Bertz CT molecular complexity index is 1150. The highest BCUT2D eigenvalue weighted by Crippen LogP contribution is 2.32. The number of rotatable bonds is 6.